The normalized spacial score (nSPS) is 11.8. The first-order valence-corrected chi connectivity index (χ1v) is 5.93. The monoisotopic (exact) mass is 307 g/mol. The van der Waals surface area contributed by atoms with Crippen LogP contribution in [-0.4, -0.2) is 4.98 Å². The number of halogens is 4. The minimum Gasteiger partial charge on any atom is -0.232 e. The Morgan fingerprint density at radius 1 is 1.19 bits per heavy atom. The molecule has 0 unspecified atom stereocenters. The van der Waals surface area contributed by atoms with E-state index in [1.54, 1.807) is 24.3 Å². The van der Waals surface area contributed by atoms with Crippen molar-refractivity contribution in [2.45, 2.75) is 6.18 Å². The minimum absolute atomic E-state index is 0.361. The Hall–Kier alpha value is -0.880. The molecule has 0 saturated carbocycles. The first-order valence-electron chi connectivity index (χ1n) is 4.26. The fourth-order valence-electron chi connectivity index (χ4n) is 1.16. The number of thiazole rings is 1. The summed E-state index contributed by atoms with van der Waals surface area (Å²) in [7, 11) is 0. The third kappa shape index (κ3) is 2.27. The van der Waals surface area contributed by atoms with E-state index >= 15 is 0 Å². The molecule has 0 spiro atoms. The first kappa shape index (κ1) is 11.6. The molecule has 0 radical (unpaired) electrons. The smallest absolute Gasteiger partial charge is 0.232 e. The van der Waals surface area contributed by atoms with Crippen LogP contribution in [0.25, 0.3) is 10.6 Å². The lowest BCUT2D eigenvalue weighted by molar-refractivity contribution is -0.140. The Morgan fingerprint density at radius 3 is 2.44 bits per heavy atom. The second kappa shape index (κ2) is 4.18. The van der Waals surface area contributed by atoms with Crippen LogP contribution in [0, 0.1) is 0 Å². The molecule has 0 aliphatic rings. The molecule has 0 amide bonds. The molecule has 0 atom stereocenters. The Balaban J connectivity index is 2.44. The number of hydrogen-bond donors (Lipinski definition) is 0. The Kier molecular flexibility index (Phi) is 3.03. The highest BCUT2D eigenvalue weighted by Crippen LogP contribution is 2.35. The van der Waals surface area contributed by atoms with Crippen molar-refractivity contribution in [3.63, 3.8) is 0 Å². The summed E-state index contributed by atoms with van der Waals surface area (Å²) in [5.41, 5.74) is -0.175. The van der Waals surface area contributed by atoms with Gasteiger partial charge in [-0.05, 0) is 6.07 Å². The quantitative estimate of drug-likeness (QED) is 0.751. The van der Waals surface area contributed by atoms with Crippen molar-refractivity contribution in [2.24, 2.45) is 0 Å². The van der Waals surface area contributed by atoms with Gasteiger partial charge >= 0.3 is 6.18 Å². The lowest BCUT2D eigenvalue weighted by Crippen LogP contribution is -2.04. The summed E-state index contributed by atoms with van der Waals surface area (Å²) in [5, 5.41) is 1.38. The van der Waals surface area contributed by atoms with Crippen molar-refractivity contribution in [1.29, 1.82) is 0 Å². The largest absolute Gasteiger partial charge is 0.434 e. The molecule has 1 nitrogen and oxygen atoms in total. The zero-order chi connectivity index (χ0) is 11.8. The maximum Gasteiger partial charge on any atom is 0.434 e. The van der Waals surface area contributed by atoms with E-state index in [1.807, 2.05) is 0 Å². The molecule has 0 aliphatic heterocycles. The van der Waals surface area contributed by atoms with Gasteiger partial charge in [-0.15, -0.1) is 11.3 Å². The van der Waals surface area contributed by atoms with Gasteiger partial charge in [-0.3, -0.25) is 0 Å². The number of nitrogens with zero attached hydrogens (tertiary/aromatic N) is 1. The van der Waals surface area contributed by atoms with Crippen molar-refractivity contribution in [1.82, 2.24) is 4.98 Å². The van der Waals surface area contributed by atoms with Crippen LogP contribution in [0.2, 0.25) is 0 Å². The summed E-state index contributed by atoms with van der Waals surface area (Å²) >= 11 is 4.26. The number of benzene rings is 1. The lowest BCUT2D eigenvalue weighted by Gasteiger charge is -2.01. The van der Waals surface area contributed by atoms with Crippen molar-refractivity contribution < 1.29 is 13.2 Å². The summed E-state index contributed by atoms with van der Waals surface area (Å²) in [6.07, 6.45) is -4.38. The molecule has 2 aromatic rings. The lowest BCUT2D eigenvalue weighted by atomic mass is 10.2. The molecule has 0 bridgehead atoms. The standard InChI is InChI=1S/C10H5BrF3NS/c11-7-4-2-1-3-6(7)9-15-8(5-16-9)10(12,13)14/h1-5H. The van der Waals surface area contributed by atoms with Crippen LogP contribution in [0.1, 0.15) is 5.69 Å². The average molecular weight is 308 g/mol. The van der Waals surface area contributed by atoms with E-state index in [1.165, 1.54) is 0 Å². The third-order valence-corrected chi connectivity index (χ3v) is 3.47. The van der Waals surface area contributed by atoms with Gasteiger partial charge in [-0.2, -0.15) is 13.2 Å². The summed E-state index contributed by atoms with van der Waals surface area (Å²) in [6, 6.07) is 7.05. The van der Waals surface area contributed by atoms with Gasteiger partial charge in [0, 0.05) is 15.4 Å². The van der Waals surface area contributed by atoms with Gasteiger partial charge in [0.25, 0.3) is 0 Å². The fourth-order valence-corrected chi connectivity index (χ4v) is 2.63. The zero-order valence-electron chi connectivity index (χ0n) is 7.75. The first-order chi connectivity index (χ1) is 7.48. The van der Waals surface area contributed by atoms with Crippen LogP contribution >= 0.6 is 27.3 Å². The van der Waals surface area contributed by atoms with Crippen LogP contribution in [0.4, 0.5) is 13.2 Å². The minimum atomic E-state index is -4.38. The van der Waals surface area contributed by atoms with E-state index < -0.39 is 11.9 Å². The van der Waals surface area contributed by atoms with Crippen LogP contribution in [-0.2, 0) is 6.18 Å². The zero-order valence-corrected chi connectivity index (χ0v) is 10.2. The Morgan fingerprint density at radius 2 is 1.88 bits per heavy atom. The van der Waals surface area contributed by atoms with E-state index in [4.69, 9.17) is 0 Å². The molecule has 2 rings (SSSR count). The molecule has 1 aromatic carbocycles. The summed E-state index contributed by atoms with van der Waals surface area (Å²) in [6.45, 7) is 0. The molecule has 84 valence electrons. The molecule has 1 heterocycles. The van der Waals surface area contributed by atoms with E-state index in [2.05, 4.69) is 20.9 Å². The average Bonchev–Trinajstić information content (AvgIpc) is 2.66. The van der Waals surface area contributed by atoms with E-state index in [0.29, 0.717) is 10.6 Å². The molecule has 0 fully saturated rings. The maximum atomic E-state index is 12.3. The van der Waals surface area contributed by atoms with Crippen molar-refractivity contribution >= 4 is 27.3 Å². The highest BCUT2D eigenvalue weighted by Gasteiger charge is 2.33. The van der Waals surface area contributed by atoms with E-state index in [-0.39, 0.29) is 0 Å². The van der Waals surface area contributed by atoms with Gasteiger partial charge in [0.15, 0.2) is 5.69 Å². The summed E-state index contributed by atoms with van der Waals surface area (Å²) in [5.74, 6) is 0. The SMILES string of the molecule is FC(F)(F)c1csc(-c2ccccc2Br)n1. The van der Waals surface area contributed by atoms with Gasteiger partial charge in [0.1, 0.15) is 5.01 Å². The highest BCUT2D eigenvalue weighted by molar-refractivity contribution is 9.10. The molecule has 6 heteroatoms. The molecule has 16 heavy (non-hydrogen) atoms. The van der Waals surface area contributed by atoms with Crippen LogP contribution in [0.5, 0.6) is 0 Å². The van der Waals surface area contributed by atoms with E-state index in [9.17, 15) is 13.2 Å². The molecular weight excluding hydrogens is 303 g/mol. The number of rotatable bonds is 1. The van der Waals surface area contributed by atoms with Gasteiger partial charge in [0.05, 0.1) is 0 Å². The molecular formula is C10H5BrF3NS. The van der Waals surface area contributed by atoms with Crippen molar-refractivity contribution in [3.05, 3.63) is 39.8 Å². The number of hydrogen-bond acceptors (Lipinski definition) is 2. The van der Waals surface area contributed by atoms with Crippen LogP contribution < -0.4 is 0 Å². The van der Waals surface area contributed by atoms with Gasteiger partial charge in [-0.25, -0.2) is 4.98 Å². The maximum absolute atomic E-state index is 12.3. The Bertz CT molecular complexity index is 507. The predicted molar refractivity (Wildman–Crippen MR) is 60.3 cm³/mol. The van der Waals surface area contributed by atoms with Crippen LogP contribution in [0.3, 0.4) is 0 Å². The fraction of sp³-hybridized carbons (Fsp3) is 0.100. The second-order valence-electron chi connectivity index (χ2n) is 3.02. The van der Waals surface area contributed by atoms with Crippen molar-refractivity contribution in [3.8, 4) is 10.6 Å². The van der Waals surface area contributed by atoms with Gasteiger partial charge in [0.2, 0.25) is 0 Å². The van der Waals surface area contributed by atoms with Crippen LogP contribution in [0.15, 0.2) is 34.1 Å². The van der Waals surface area contributed by atoms with Crippen molar-refractivity contribution in [2.75, 3.05) is 0 Å². The third-order valence-electron chi connectivity index (χ3n) is 1.90. The number of aromatic nitrogens is 1. The topological polar surface area (TPSA) is 12.9 Å². The van der Waals surface area contributed by atoms with Gasteiger partial charge < -0.3 is 0 Å². The highest BCUT2D eigenvalue weighted by atomic mass is 79.9. The molecule has 0 saturated heterocycles. The van der Waals surface area contributed by atoms with E-state index in [0.717, 1.165) is 21.2 Å². The molecule has 0 aliphatic carbocycles. The Labute approximate surface area is 102 Å². The predicted octanol–water partition coefficient (Wildman–Crippen LogP) is 4.59. The molecule has 0 N–H and O–H groups in total. The second-order valence-corrected chi connectivity index (χ2v) is 4.73. The summed E-state index contributed by atoms with van der Waals surface area (Å²) < 4.78 is 37.8. The summed E-state index contributed by atoms with van der Waals surface area (Å²) in [4.78, 5) is 3.58. The molecule has 1 aromatic heterocycles. The number of alkyl halides is 3. The van der Waals surface area contributed by atoms with Gasteiger partial charge in [-0.1, -0.05) is 34.1 Å².